The average molecular weight is 250 g/mol. The third-order valence-corrected chi connectivity index (χ3v) is 3.20. The van der Waals surface area contributed by atoms with Crippen molar-refractivity contribution in [3.63, 3.8) is 0 Å². The molecule has 0 saturated carbocycles. The monoisotopic (exact) mass is 250 g/mol. The second kappa shape index (κ2) is 6.52. The lowest BCUT2D eigenvalue weighted by molar-refractivity contribution is -0.124. The van der Waals surface area contributed by atoms with Crippen LogP contribution in [0.15, 0.2) is 30.3 Å². The Balaban J connectivity index is 2.73. The summed E-state index contributed by atoms with van der Waals surface area (Å²) in [5.41, 5.74) is 11.1. The third-order valence-electron chi connectivity index (χ3n) is 3.20. The van der Waals surface area contributed by atoms with Crippen molar-refractivity contribution in [3.05, 3.63) is 35.9 Å². The summed E-state index contributed by atoms with van der Waals surface area (Å²) in [7, 11) is 0. The van der Waals surface area contributed by atoms with Crippen molar-refractivity contribution in [2.45, 2.75) is 38.3 Å². The fourth-order valence-corrected chi connectivity index (χ4v) is 1.68. The molecule has 2 unspecified atom stereocenters. The zero-order valence-corrected chi connectivity index (χ0v) is 11.1. The predicted molar refractivity (Wildman–Crippen MR) is 71.8 cm³/mol. The van der Waals surface area contributed by atoms with Crippen molar-refractivity contribution in [1.29, 1.82) is 0 Å². The smallest absolute Gasteiger partial charge is 0.242 e. The van der Waals surface area contributed by atoms with Gasteiger partial charge in [0, 0.05) is 13.0 Å². The van der Waals surface area contributed by atoms with Crippen LogP contribution in [0.3, 0.4) is 0 Å². The summed E-state index contributed by atoms with van der Waals surface area (Å²) in [6, 6.07) is 9.19. The van der Waals surface area contributed by atoms with E-state index in [9.17, 15) is 4.79 Å². The van der Waals surface area contributed by atoms with Crippen LogP contribution in [-0.4, -0.2) is 18.6 Å². The molecular weight excluding hydrogens is 228 g/mol. The Bertz CT molecular complexity index is 381. The number of benzene rings is 1. The Kier molecular flexibility index (Phi) is 5.31. The fourth-order valence-electron chi connectivity index (χ4n) is 1.68. The molecule has 4 N–H and O–H groups in total. The van der Waals surface area contributed by atoms with Crippen molar-refractivity contribution in [3.8, 4) is 0 Å². The highest BCUT2D eigenvalue weighted by atomic mass is 16.5. The van der Waals surface area contributed by atoms with E-state index in [4.69, 9.17) is 16.2 Å². The molecule has 1 amide bonds. The number of primary amides is 1. The van der Waals surface area contributed by atoms with Crippen molar-refractivity contribution >= 4 is 5.91 Å². The van der Waals surface area contributed by atoms with Crippen LogP contribution in [0.2, 0.25) is 0 Å². The van der Waals surface area contributed by atoms with Gasteiger partial charge in [-0.3, -0.25) is 4.79 Å². The van der Waals surface area contributed by atoms with Gasteiger partial charge in [-0.15, -0.1) is 0 Å². The molecule has 18 heavy (non-hydrogen) atoms. The molecule has 2 atom stereocenters. The maximum Gasteiger partial charge on any atom is 0.242 e. The van der Waals surface area contributed by atoms with E-state index in [1.807, 2.05) is 44.2 Å². The van der Waals surface area contributed by atoms with Gasteiger partial charge in [-0.05, 0) is 18.9 Å². The molecule has 4 nitrogen and oxygen atoms in total. The number of carbonyl (C=O) groups excluding carboxylic acids is 1. The number of rotatable bonds is 7. The number of hydrogen-bond acceptors (Lipinski definition) is 3. The summed E-state index contributed by atoms with van der Waals surface area (Å²) >= 11 is 0. The molecular formula is C14H22N2O2. The molecule has 0 spiro atoms. The molecule has 0 radical (unpaired) electrons. The first kappa shape index (κ1) is 14.7. The predicted octanol–water partition coefficient (Wildman–Crippen LogP) is 1.53. The first-order valence-corrected chi connectivity index (χ1v) is 6.26. The minimum atomic E-state index is -1.16. The zero-order valence-electron chi connectivity index (χ0n) is 11.1. The highest BCUT2D eigenvalue weighted by Crippen LogP contribution is 2.22. The molecule has 0 heterocycles. The van der Waals surface area contributed by atoms with Crippen LogP contribution >= 0.6 is 0 Å². The van der Waals surface area contributed by atoms with Crippen molar-refractivity contribution < 1.29 is 9.53 Å². The molecule has 4 heteroatoms. The Morgan fingerprint density at radius 3 is 2.50 bits per heavy atom. The van der Waals surface area contributed by atoms with Crippen LogP contribution in [0.4, 0.5) is 0 Å². The van der Waals surface area contributed by atoms with Gasteiger partial charge in [0.2, 0.25) is 5.91 Å². The summed E-state index contributed by atoms with van der Waals surface area (Å²) in [6.07, 6.45) is 1.48. The van der Waals surface area contributed by atoms with E-state index in [2.05, 4.69) is 0 Å². The van der Waals surface area contributed by atoms with Gasteiger partial charge in [-0.1, -0.05) is 37.3 Å². The molecule has 0 fully saturated rings. The standard InChI is InChI=1S/C14H22N2O2/c1-3-11(2)18-10-9-14(16,13(15)17)12-7-5-4-6-8-12/h4-8,11H,3,9-10,16H2,1-2H3,(H2,15,17). The van der Waals surface area contributed by atoms with Gasteiger partial charge in [-0.25, -0.2) is 0 Å². The van der Waals surface area contributed by atoms with E-state index in [0.29, 0.717) is 13.0 Å². The number of hydrogen-bond donors (Lipinski definition) is 2. The second-order valence-corrected chi connectivity index (χ2v) is 4.54. The maximum atomic E-state index is 11.6. The van der Waals surface area contributed by atoms with Gasteiger partial charge in [0.1, 0.15) is 5.54 Å². The van der Waals surface area contributed by atoms with Crippen LogP contribution in [0.1, 0.15) is 32.3 Å². The van der Waals surface area contributed by atoms with Crippen molar-refractivity contribution in [2.75, 3.05) is 6.61 Å². The van der Waals surface area contributed by atoms with E-state index < -0.39 is 11.4 Å². The molecule has 0 aliphatic carbocycles. The molecule has 0 aliphatic rings. The molecule has 0 aliphatic heterocycles. The molecule has 1 aromatic rings. The lowest BCUT2D eigenvalue weighted by Gasteiger charge is -2.27. The van der Waals surface area contributed by atoms with E-state index in [-0.39, 0.29) is 6.10 Å². The summed E-state index contributed by atoms with van der Waals surface area (Å²) in [4.78, 5) is 11.6. The van der Waals surface area contributed by atoms with Gasteiger partial charge in [0.15, 0.2) is 0 Å². The molecule has 1 aromatic carbocycles. The van der Waals surface area contributed by atoms with Crippen LogP contribution < -0.4 is 11.5 Å². The summed E-state index contributed by atoms with van der Waals surface area (Å²) in [5.74, 6) is -0.526. The van der Waals surface area contributed by atoms with Crippen molar-refractivity contribution in [1.82, 2.24) is 0 Å². The van der Waals surface area contributed by atoms with Gasteiger partial charge in [0.05, 0.1) is 6.10 Å². The SMILES string of the molecule is CCC(C)OCCC(N)(C(N)=O)c1ccccc1. The molecule has 1 rings (SSSR count). The lowest BCUT2D eigenvalue weighted by Crippen LogP contribution is -2.50. The largest absolute Gasteiger partial charge is 0.378 e. The zero-order chi connectivity index (χ0) is 13.6. The topological polar surface area (TPSA) is 78.3 Å². The average Bonchev–Trinajstić information content (AvgIpc) is 2.39. The van der Waals surface area contributed by atoms with Crippen LogP contribution in [0.5, 0.6) is 0 Å². The van der Waals surface area contributed by atoms with E-state index >= 15 is 0 Å². The molecule has 0 aromatic heterocycles. The number of ether oxygens (including phenoxy) is 1. The van der Waals surface area contributed by atoms with Crippen molar-refractivity contribution in [2.24, 2.45) is 11.5 Å². The van der Waals surface area contributed by atoms with Gasteiger partial charge in [0.25, 0.3) is 0 Å². The second-order valence-electron chi connectivity index (χ2n) is 4.54. The molecule has 100 valence electrons. The summed E-state index contributed by atoms with van der Waals surface area (Å²) < 4.78 is 5.57. The van der Waals surface area contributed by atoms with Gasteiger partial charge < -0.3 is 16.2 Å². The minimum absolute atomic E-state index is 0.165. The Morgan fingerprint density at radius 2 is 2.00 bits per heavy atom. The highest BCUT2D eigenvalue weighted by Gasteiger charge is 2.33. The van der Waals surface area contributed by atoms with Gasteiger partial charge >= 0.3 is 0 Å². The van der Waals surface area contributed by atoms with Crippen LogP contribution in [0, 0.1) is 0 Å². The highest BCUT2D eigenvalue weighted by molar-refractivity contribution is 5.85. The molecule has 0 bridgehead atoms. The van der Waals surface area contributed by atoms with Crippen LogP contribution in [-0.2, 0) is 15.1 Å². The Morgan fingerprint density at radius 1 is 1.39 bits per heavy atom. The Hall–Kier alpha value is -1.39. The Labute approximate surface area is 108 Å². The van der Waals surface area contributed by atoms with E-state index in [0.717, 1.165) is 12.0 Å². The van der Waals surface area contributed by atoms with E-state index in [1.165, 1.54) is 0 Å². The maximum absolute atomic E-state index is 11.6. The number of carbonyl (C=O) groups is 1. The first-order chi connectivity index (χ1) is 8.50. The summed E-state index contributed by atoms with van der Waals surface area (Å²) in [5, 5.41) is 0. The van der Waals surface area contributed by atoms with Gasteiger partial charge in [-0.2, -0.15) is 0 Å². The number of nitrogens with two attached hydrogens (primary N) is 2. The van der Waals surface area contributed by atoms with E-state index in [1.54, 1.807) is 0 Å². The van der Waals surface area contributed by atoms with Crippen LogP contribution in [0.25, 0.3) is 0 Å². The normalized spacial score (nSPS) is 15.9. The number of amides is 1. The summed E-state index contributed by atoms with van der Waals surface area (Å²) in [6.45, 7) is 4.46. The first-order valence-electron chi connectivity index (χ1n) is 6.26. The molecule has 0 saturated heterocycles. The quantitative estimate of drug-likeness (QED) is 0.770. The lowest BCUT2D eigenvalue weighted by atomic mass is 9.87. The third kappa shape index (κ3) is 3.55. The fraction of sp³-hybridized carbons (Fsp3) is 0.500. The minimum Gasteiger partial charge on any atom is -0.378 e.